The number of rotatable bonds is 9. The molecule has 0 saturated heterocycles. The van der Waals surface area contributed by atoms with E-state index in [0.717, 1.165) is 42.5 Å². The summed E-state index contributed by atoms with van der Waals surface area (Å²) in [5.41, 5.74) is 5.71. The fourth-order valence-corrected chi connectivity index (χ4v) is 3.29. The number of urea groups is 1. The van der Waals surface area contributed by atoms with Crippen molar-refractivity contribution in [2.24, 2.45) is 10.1 Å². The fraction of sp³-hybridized carbons (Fsp3) is 0.381. The monoisotopic (exact) mass is 380 g/mol. The highest BCUT2D eigenvalue weighted by Gasteiger charge is 2.19. The number of hydrazone groups is 1. The number of carbonyl (C=O) groups is 1. The second kappa shape index (κ2) is 9.85. The van der Waals surface area contributed by atoms with Gasteiger partial charge in [-0.2, -0.15) is 10.1 Å². The zero-order valence-corrected chi connectivity index (χ0v) is 16.5. The number of amides is 2. The molecule has 0 saturated carbocycles. The Hall–Kier alpha value is -2.93. The van der Waals surface area contributed by atoms with Crippen molar-refractivity contribution in [3.63, 3.8) is 0 Å². The molecule has 1 unspecified atom stereocenters. The molecular formula is C21H28N6O. The lowest BCUT2D eigenvalue weighted by Crippen LogP contribution is -2.46. The lowest BCUT2D eigenvalue weighted by molar-refractivity contribution is 0.195. The molecule has 1 aromatic heterocycles. The summed E-state index contributed by atoms with van der Waals surface area (Å²) in [5.74, 6) is 0. The van der Waals surface area contributed by atoms with E-state index in [1.165, 1.54) is 0 Å². The van der Waals surface area contributed by atoms with Crippen LogP contribution in [0.15, 0.2) is 52.7 Å². The van der Waals surface area contributed by atoms with Crippen LogP contribution < -0.4 is 10.7 Å². The SMILES string of the molecule is CCCN(CCC)C1C=CC(C/C=N/Nc2c[nH]c3ccccc23)=NC(=O)N1. The summed E-state index contributed by atoms with van der Waals surface area (Å²) in [6, 6.07) is 7.73. The topological polar surface area (TPSA) is 84.9 Å². The Morgan fingerprint density at radius 2 is 2.04 bits per heavy atom. The molecule has 148 valence electrons. The molecule has 1 aliphatic rings. The highest BCUT2D eigenvalue weighted by Crippen LogP contribution is 2.22. The van der Waals surface area contributed by atoms with Crippen molar-refractivity contribution in [3.05, 3.63) is 42.6 Å². The molecule has 1 atom stereocenters. The van der Waals surface area contributed by atoms with Gasteiger partial charge in [-0.05, 0) is 31.1 Å². The Labute approximate surface area is 165 Å². The molecule has 0 aliphatic carbocycles. The minimum Gasteiger partial charge on any atom is -0.359 e. The van der Waals surface area contributed by atoms with Gasteiger partial charge in [0, 0.05) is 42.8 Å². The lowest BCUT2D eigenvalue weighted by Gasteiger charge is -2.28. The van der Waals surface area contributed by atoms with Crippen LogP contribution in [0.25, 0.3) is 10.9 Å². The first-order valence-corrected chi connectivity index (χ1v) is 9.85. The summed E-state index contributed by atoms with van der Waals surface area (Å²) in [7, 11) is 0. The van der Waals surface area contributed by atoms with Gasteiger partial charge in [0.05, 0.1) is 11.4 Å². The number of nitrogens with one attached hydrogen (secondary N) is 3. The predicted molar refractivity (Wildman–Crippen MR) is 116 cm³/mol. The maximum atomic E-state index is 12.2. The summed E-state index contributed by atoms with van der Waals surface area (Å²) in [6.45, 7) is 6.16. The summed E-state index contributed by atoms with van der Waals surface area (Å²) >= 11 is 0. The number of para-hydroxylation sites is 1. The molecular weight excluding hydrogens is 352 g/mol. The van der Waals surface area contributed by atoms with Crippen LogP contribution in [0.4, 0.5) is 10.5 Å². The number of hydrogen-bond acceptors (Lipinski definition) is 4. The molecule has 3 N–H and O–H groups in total. The van der Waals surface area contributed by atoms with Crippen LogP contribution in [0.3, 0.4) is 0 Å². The summed E-state index contributed by atoms with van der Waals surface area (Å²) in [4.78, 5) is 21.8. The number of allylic oxidation sites excluding steroid dienone is 1. The van der Waals surface area contributed by atoms with E-state index in [0.29, 0.717) is 12.1 Å². The van der Waals surface area contributed by atoms with Crippen molar-refractivity contribution in [3.8, 4) is 0 Å². The molecule has 2 aromatic rings. The van der Waals surface area contributed by atoms with Crippen LogP contribution in [-0.4, -0.2) is 47.1 Å². The van der Waals surface area contributed by atoms with Gasteiger partial charge in [-0.25, -0.2) is 4.79 Å². The van der Waals surface area contributed by atoms with Crippen LogP contribution in [0.1, 0.15) is 33.1 Å². The van der Waals surface area contributed by atoms with Crippen LogP contribution in [0.5, 0.6) is 0 Å². The van der Waals surface area contributed by atoms with Gasteiger partial charge < -0.3 is 10.3 Å². The van der Waals surface area contributed by atoms with Crippen molar-refractivity contribution >= 4 is 34.5 Å². The van der Waals surface area contributed by atoms with Crippen LogP contribution in [0.2, 0.25) is 0 Å². The number of hydrogen-bond donors (Lipinski definition) is 3. The molecule has 0 bridgehead atoms. The van der Waals surface area contributed by atoms with Crippen molar-refractivity contribution < 1.29 is 4.79 Å². The number of aromatic nitrogens is 1. The van der Waals surface area contributed by atoms with E-state index >= 15 is 0 Å². The third-order valence-corrected chi connectivity index (χ3v) is 4.57. The molecule has 2 heterocycles. The van der Waals surface area contributed by atoms with Gasteiger partial charge >= 0.3 is 6.03 Å². The summed E-state index contributed by atoms with van der Waals surface area (Å²) < 4.78 is 0. The Balaban J connectivity index is 1.59. The second-order valence-electron chi connectivity index (χ2n) is 6.77. The van der Waals surface area contributed by atoms with E-state index in [1.54, 1.807) is 6.21 Å². The highest BCUT2D eigenvalue weighted by atomic mass is 16.2. The molecule has 0 spiro atoms. The van der Waals surface area contributed by atoms with E-state index in [4.69, 9.17) is 0 Å². The van der Waals surface area contributed by atoms with Crippen molar-refractivity contribution in [1.82, 2.24) is 15.2 Å². The van der Waals surface area contributed by atoms with Crippen LogP contribution in [-0.2, 0) is 0 Å². The Morgan fingerprint density at radius 3 is 2.82 bits per heavy atom. The van der Waals surface area contributed by atoms with Gasteiger partial charge in [-0.1, -0.05) is 32.0 Å². The summed E-state index contributed by atoms with van der Waals surface area (Å²) in [5, 5.41) is 8.32. The van der Waals surface area contributed by atoms with Crippen molar-refractivity contribution in [1.29, 1.82) is 0 Å². The van der Waals surface area contributed by atoms with E-state index in [1.807, 2.05) is 42.6 Å². The van der Waals surface area contributed by atoms with Crippen LogP contribution >= 0.6 is 0 Å². The standard InChI is InChI=1S/C21H28N6O/c1-3-13-27(14-4-2)20-10-9-16(24-21(28)25-20)11-12-23-26-19-15-22-18-8-6-5-7-17(18)19/h5-10,12,15,20,22,26H,3-4,11,13-14H2,1-2H3,(H,25,28)/b23-12+. The number of aromatic amines is 1. The zero-order valence-electron chi connectivity index (χ0n) is 16.5. The van der Waals surface area contributed by atoms with E-state index in [2.05, 4.69) is 44.6 Å². The number of nitrogens with zero attached hydrogens (tertiary/aromatic N) is 3. The number of aliphatic imine (C=N–C) groups is 1. The Morgan fingerprint density at radius 1 is 1.25 bits per heavy atom. The van der Waals surface area contributed by atoms with Crippen molar-refractivity contribution in [2.75, 3.05) is 18.5 Å². The number of H-pyrrole nitrogens is 1. The highest BCUT2D eigenvalue weighted by molar-refractivity contribution is 6.08. The quantitative estimate of drug-likeness (QED) is 0.452. The van der Waals surface area contributed by atoms with Gasteiger partial charge in [0.1, 0.15) is 6.17 Å². The predicted octanol–water partition coefficient (Wildman–Crippen LogP) is 4.12. The molecule has 2 amide bonds. The molecule has 0 radical (unpaired) electrons. The zero-order chi connectivity index (χ0) is 19.8. The lowest BCUT2D eigenvalue weighted by atomic mass is 10.2. The Kier molecular flexibility index (Phi) is 6.97. The van der Waals surface area contributed by atoms with E-state index in [-0.39, 0.29) is 12.2 Å². The van der Waals surface area contributed by atoms with Gasteiger partial charge in [0.15, 0.2) is 0 Å². The van der Waals surface area contributed by atoms with Gasteiger partial charge in [-0.3, -0.25) is 10.3 Å². The maximum Gasteiger partial charge on any atom is 0.342 e. The van der Waals surface area contributed by atoms with Gasteiger partial charge in [0.2, 0.25) is 0 Å². The molecule has 0 fully saturated rings. The molecule has 7 nitrogen and oxygen atoms in total. The minimum atomic E-state index is -0.305. The average molecular weight is 380 g/mol. The third-order valence-electron chi connectivity index (χ3n) is 4.57. The minimum absolute atomic E-state index is 0.116. The normalized spacial score (nSPS) is 17.2. The first kappa shape index (κ1) is 19.8. The van der Waals surface area contributed by atoms with E-state index < -0.39 is 0 Å². The maximum absolute atomic E-state index is 12.2. The smallest absolute Gasteiger partial charge is 0.342 e. The number of anilines is 1. The molecule has 1 aliphatic heterocycles. The first-order chi connectivity index (χ1) is 13.7. The largest absolute Gasteiger partial charge is 0.359 e. The average Bonchev–Trinajstić information content (AvgIpc) is 3.01. The number of fused-ring (bicyclic) bond motifs is 1. The second-order valence-corrected chi connectivity index (χ2v) is 6.77. The fourth-order valence-electron chi connectivity index (χ4n) is 3.29. The summed E-state index contributed by atoms with van der Waals surface area (Å²) in [6.07, 6.45) is 9.99. The van der Waals surface area contributed by atoms with Crippen LogP contribution in [0, 0.1) is 0 Å². The Bertz CT molecular complexity index is 876. The van der Waals surface area contributed by atoms with E-state index in [9.17, 15) is 4.79 Å². The molecule has 7 heteroatoms. The van der Waals surface area contributed by atoms with Gasteiger partial charge in [0.25, 0.3) is 0 Å². The number of benzene rings is 1. The van der Waals surface area contributed by atoms with Crippen molar-refractivity contribution in [2.45, 2.75) is 39.3 Å². The number of carbonyl (C=O) groups excluding carboxylic acids is 1. The molecule has 1 aromatic carbocycles. The molecule has 3 rings (SSSR count). The molecule has 28 heavy (non-hydrogen) atoms. The first-order valence-electron chi connectivity index (χ1n) is 9.85. The van der Waals surface area contributed by atoms with Gasteiger partial charge in [-0.15, -0.1) is 0 Å². The third kappa shape index (κ3) is 5.07.